The molecule has 1 heterocycles. The van der Waals surface area contributed by atoms with Crippen molar-refractivity contribution in [3.05, 3.63) is 23.3 Å². The number of hydrogen-bond acceptors (Lipinski definition) is 4. The maximum Gasteiger partial charge on any atom is 0.108 e. The quantitative estimate of drug-likeness (QED) is 0.906. The average Bonchev–Trinajstić information content (AvgIpc) is 2.71. The second-order valence-electron chi connectivity index (χ2n) is 5.08. The topological polar surface area (TPSA) is 51.8 Å². The highest BCUT2D eigenvalue weighted by Gasteiger charge is 2.20. The van der Waals surface area contributed by atoms with E-state index in [1.165, 1.54) is 22.9 Å². The fraction of sp³-hybridized carbons (Fsp3) is 0.538. The molecule has 92 valence electrons. The Hall–Kier alpha value is -1.00. The first-order valence-corrected chi connectivity index (χ1v) is 6.76. The summed E-state index contributed by atoms with van der Waals surface area (Å²) in [5.41, 5.74) is 10.6. The van der Waals surface area contributed by atoms with Gasteiger partial charge < -0.3 is 5.73 Å². The van der Waals surface area contributed by atoms with E-state index in [2.05, 4.69) is 41.7 Å². The summed E-state index contributed by atoms with van der Waals surface area (Å²) in [6.07, 6.45) is 3.00. The van der Waals surface area contributed by atoms with Crippen LogP contribution in [0.2, 0.25) is 0 Å². The lowest BCUT2D eigenvalue weighted by Crippen LogP contribution is -2.38. The first-order valence-electron chi connectivity index (χ1n) is 6.03. The number of rotatable bonds is 4. The number of aryl methyl sites for hydroxylation is 1. The van der Waals surface area contributed by atoms with Gasteiger partial charge in [0.05, 0.1) is 11.7 Å². The number of nitrogens with two attached hydrogens (primary N) is 1. The Labute approximate surface area is 106 Å². The van der Waals surface area contributed by atoms with Gasteiger partial charge in [0.15, 0.2) is 0 Å². The van der Waals surface area contributed by atoms with E-state index in [-0.39, 0.29) is 5.54 Å². The predicted octanol–water partition coefficient (Wildman–Crippen LogP) is 3.06. The van der Waals surface area contributed by atoms with E-state index in [9.17, 15) is 0 Å². The van der Waals surface area contributed by atoms with Crippen molar-refractivity contribution in [2.24, 2.45) is 5.73 Å². The van der Waals surface area contributed by atoms with Gasteiger partial charge in [-0.15, -0.1) is 0 Å². The van der Waals surface area contributed by atoms with Crippen LogP contribution in [0, 0.1) is 6.92 Å². The Kier molecular flexibility index (Phi) is 3.45. The van der Waals surface area contributed by atoms with E-state index in [0.29, 0.717) is 0 Å². The van der Waals surface area contributed by atoms with Gasteiger partial charge in [-0.2, -0.15) is 8.75 Å². The number of fused-ring (bicyclic) bond motifs is 1. The summed E-state index contributed by atoms with van der Waals surface area (Å²) in [6, 6.07) is 4.25. The summed E-state index contributed by atoms with van der Waals surface area (Å²) in [5.74, 6) is 0. The van der Waals surface area contributed by atoms with Crippen LogP contribution in [0.5, 0.6) is 0 Å². The molecule has 1 unspecified atom stereocenters. The van der Waals surface area contributed by atoms with E-state index in [4.69, 9.17) is 5.73 Å². The predicted molar refractivity (Wildman–Crippen MR) is 73.4 cm³/mol. The lowest BCUT2D eigenvalue weighted by Gasteiger charge is -2.24. The molecule has 2 rings (SSSR count). The summed E-state index contributed by atoms with van der Waals surface area (Å²) < 4.78 is 8.74. The molecule has 0 radical (unpaired) electrons. The molecule has 0 aliphatic carbocycles. The molecule has 0 bridgehead atoms. The smallest absolute Gasteiger partial charge is 0.108 e. The zero-order valence-corrected chi connectivity index (χ0v) is 11.5. The molecular formula is C13H19N3S. The van der Waals surface area contributed by atoms with Crippen LogP contribution in [0.4, 0.5) is 0 Å². The first-order chi connectivity index (χ1) is 8.03. The summed E-state index contributed by atoms with van der Waals surface area (Å²) in [5, 5.41) is 0. The maximum atomic E-state index is 6.31. The molecule has 0 saturated carbocycles. The molecule has 2 N–H and O–H groups in total. The third-order valence-electron chi connectivity index (χ3n) is 3.12. The second-order valence-corrected chi connectivity index (χ2v) is 5.61. The molecule has 3 nitrogen and oxygen atoms in total. The number of aromatic nitrogens is 2. The zero-order valence-electron chi connectivity index (χ0n) is 10.7. The highest BCUT2D eigenvalue weighted by molar-refractivity contribution is 7.00. The van der Waals surface area contributed by atoms with Gasteiger partial charge in [-0.05, 0) is 37.8 Å². The molecule has 2 aromatic rings. The third-order valence-corrected chi connectivity index (χ3v) is 3.64. The van der Waals surface area contributed by atoms with Crippen molar-refractivity contribution >= 4 is 22.8 Å². The van der Waals surface area contributed by atoms with Gasteiger partial charge in [-0.3, -0.25) is 0 Å². The molecule has 4 heteroatoms. The molecule has 1 aromatic heterocycles. The highest BCUT2D eigenvalue weighted by Crippen LogP contribution is 2.24. The normalized spacial score (nSPS) is 15.1. The van der Waals surface area contributed by atoms with Gasteiger partial charge in [0.25, 0.3) is 0 Å². The van der Waals surface area contributed by atoms with Crippen LogP contribution in [-0.4, -0.2) is 14.3 Å². The Morgan fingerprint density at radius 2 is 2.00 bits per heavy atom. The van der Waals surface area contributed by atoms with Crippen LogP contribution in [0.1, 0.15) is 37.8 Å². The molecule has 0 saturated heterocycles. The zero-order chi connectivity index (χ0) is 12.5. The third kappa shape index (κ3) is 2.64. The first kappa shape index (κ1) is 12.5. The van der Waals surface area contributed by atoms with Gasteiger partial charge in [0.2, 0.25) is 0 Å². The van der Waals surface area contributed by atoms with Crippen LogP contribution in [0.25, 0.3) is 11.0 Å². The number of benzene rings is 1. The van der Waals surface area contributed by atoms with Crippen molar-refractivity contribution in [2.75, 3.05) is 0 Å². The summed E-state index contributed by atoms with van der Waals surface area (Å²) >= 11 is 1.28. The minimum atomic E-state index is -0.152. The van der Waals surface area contributed by atoms with E-state index in [0.717, 1.165) is 30.3 Å². The van der Waals surface area contributed by atoms with Crippen molar-refractivity contribution in [2.45, 2.75) is 45.6 Å². The number of nitrogens with zero attached hydrogens (tertiary/aromatic N) is 2. The molecule has 0 amide bonds. The largest absolute Gasteiger partial charge is 0.325 e. The Balaban J connectivity index is 2.36. The summed E-state index contributed by atoms with van der Waals surface area (Å²) in [4.78, 5) is 0. The second kappa shape index (κ2) is 4.70. The molecular weight excluding hydrogens is 230 g/mol. The Morgan fingerprint density at radius 3 is 2.71 bits per heavy atom. The molecule has 17 heavy (non-hydrogen) atoms. The number of hydrogen-bond donors (Lipinski definition) is 1. The molecule has 1 atom stereocenters. The lowest BCUT2D eigenvalue weighted by molar-refractivity contribution is 0.426. The molecule has 0 aliphatic rings. The van der Waals surface area contributed by atoms with E-state index >= 15 is 0 Å². The van der Waals surface area contributed by atoms with Gasteiger partial charge in [0.1, 0.15) is 11.0 Å². The summed E-state index contributed by atoms with van der Waals surface area (Å²) in [7, 11) is 0. The monoisotopic (exact) mass is 249 g/mol. The molecule has 0 fully saturated rings. The van der Waals surface area contributed by atoms with Gasteiger partial charge in [0, 0.05) is 5.54 Å². The molecule has 1 aromatic carbocycles. The van der Waals surface area contributed by atoms with Crippen LogP contribution in [0.3, 0.4) is 0 Å². The van der Waals surface area contributed by atoms with Crippen LogP contribution >= 0.6 is 11.7 Å². The molecule has 0 aliphatic heterocycles. The van der Waals surface area contributed by atoms with Crippen molar-refractivity contribution in [1.29, 1.82) is 0 Å². The van der Waals surface area contributed by atoms with Crippen molar-refractivity contribution in [3.63, 3.8) is 0 Å². The highest BCUT2D eigenvalue weighted by atomic mass is 32.1. The van der Waals surface area contributed by atoms with Crippen LogP contribution < -0.4 is 5.73 Å². The Bertz CT molecular complexity index is 516. The maximum absolute atomic E-state index is 6.31. The standard InChI is InChI=1S/C13H19N3S/c1-4-7-13(3,14)8-10-6-5-9(2)11-12(10)16-17-15-11/h5-6H,4,7-8,14H2,1-3H3. The average molecular weight is 249 g/mol. The molecule has 0 spiro atoms. The van der Waals surface area contributed by atoms with Crippen molar-refractivity contribution < 1.29 is 0 Å². The van der Waals surface area contributed by atoms with Gasteiger partial charge >= 0.3 is 0 Å². The fourth-order valence-corrected chi connectivity index (χ4v) is 2.92. The van der Waals surface area contributed by atoms with Crippen molar-refractivity contribution in [3.8, 4) is 0 Å². The SMILES string of the molecule is CCCC(C)(N)Cc1ccc(C)c2nsnc12. The Morgan fingerprint density at radius 1 is 1.29 bits per heavy atom. The van der Waals surface area contributed by atoms with Crippen LogP contribution in [-0.2, 0) is 6.42 Å². The van der Waals surface area contributed by atoms with Gasteiger partial charge in [-0.25, -0.2) is 0 Å². The van der Waals surface area contributed by atoms with E-state index in [1.54, 1.807) is 0 Å². The van der Waals surface area contributed by atoms with E-state index < -0.39 is 0 Å². The fourth-order valence-electron chi connectivity index (χ4n) is 2.28. The summed E-state index contributed by atoms with van der Waals surface area (Å²) in [6.45, 7) is 6.35. The van der Waals surface area contributed by atoms with E-state index in [1.807, 2.05) is 0 Å². The van der Waals surface area contributed by atoms with Crippen LogP contribution in [0.15, 0.2) is 12.1 Å². The minimum absolute atomic E-state index is 0.152. The van der Waals surface area contributed by atoms with Crippen molar-refractivity contribution in [1.82, 2.24) is 8.75 Å². The van der Waals surface area contributed by atoms with Gasteiger partial charge in [-0.1, -0.05) is 25.5 Å². The minimum Gasteiger partial charge on any atom is -0.325 e. The lowest BCUT2D eigenvalue weighted by atomic mass is 9.89.